The van der Waals surface area contributed by atoms with Crippen LogP contribution >= 0.6 is 11.3 Å². The normalized spacial score (nSPS) is 12.4. The van der Waals surface area contributed by atoms with Gasteiger partial charge < -0.3 is 4.74 Å². The number of hydrogen-bond donors (Lipinski definition) is 0. The van der Waals surface area contributed by atoms with Gasteiger partial charge in [0.05, 0.1) is 0 Å². The van der Waals surface area contributed by atoms with Crippen LogP contribution in [0.5, 0.6) is 0 Å². The van der Waals surface area contributed by atoms with Crippen molar-refractivity contribution in [3.8, 4) is 0 Å². The Morgan fingerprint density at radius 1 is 1.50 bits per heavy atom. The summed E-state index contributed by atoms with van der Waals surface area (Å²) in [5.41, 5.74) is -0.243. The highest BCUT2D eigenvalue weighted by atomic mass is 32.1. The average Bonchev–Trinajstić information content (AvgIpc) is 2.51. The van der Waals surface area contributed by atoms with E-state index in [2.05, 4.69) is 32.7 Å². The molecule has 1 aromatic heterocycles. The highest BCUT2D eigenvalue weighted by molar-refractivity contribution is 7.11. The molecule has 1 rings (SSSR count). The Hall–Kier alpha value is -0.410. The Balaban J connectivity index is 2.85. The number of thiazole rings is 1. The molecule has 0 unspecified atom stereocenters. The summed E-state index contributed by atoms with van der Waals surface area (Å²) in [7, 11) is 0. The Morgan fingerprint density at radius 3 is 2.57 bits per heavy atom. The highest BCUT2D eigenvalue weighted by Gasteiger charge is 2.24. The van der Waals surface area contributed by atoms with Crippen molar-refractivity contribution >= 4 is 11.3 Å². The van der Waals surface area contributed by atoms with Crippen molar-refractivity contribution in [2.24, 2.45) is 0 Å². The summed E-state index contributed by atoms with van der Waals surface area (Å²) < 4.78 is 5.66. The first-order chi connectivity index (χ1) is 6.47. The summed E-state index contributed by atoms with van der Waals surface area (Å²) in [4.78, 5) is 5.75. The first-order valence-electron chi connectivity index (χ1n) is 5.07. The lowest BCUT2D eigenvalue weighted by molar-refractivity contribution is -0.0141. The molecule has 0 saturated heterocycles. The van der Waals surface area contributed by atoms with Crippen LogP contribution in [0.3, 0.4) is 0 Å². The molecule has 0 N–H and O–H groups in total. The maximum atomic E-state index is 5.66. The van der Waals surface area contributed by atoms with Gasteiger partial charge in [-0.1, -0.05) is 13.8 Å². The molecule has 0 aliphatic carbocycles. The number of nitrogens with zero attached hydrogens (tertiary/aromatic N) is 1. The van der Waals surface area contributed by atoms with Crippen LogP contribution in [-0.2, 0) is 10.3 Å². The second kappa shape index (κ2) is 4.41. The van der Waals surface area contributed by atoms with E-state index in [1.807, 2.05) is 13.1 Å². The molecule has 0 aliphatic heterocycles. The van der Waals surface area contributed by atoms with Crippen LogP contribution in [0.15, 0.2) is 6.20 Å². The fourth-order valence-electron chi connectivity index (χ4n) is 1.25. The van der Waals surface area contributed by atoms with E-state index < -0.39 is 0 Å². The van der Waals surface area contributed by atoms with Gasteiger partial charge in [-0.05, 0) is 26.7 Å². The monoisotopic (exact) mass is 213 g/mol. The standard InChI is InChI=1S/C11H19NOS/c1-6-13-11(4,5)10-12-7-9(14-10)8(2)3/h7-8H,6H2,1-5H3. The zero-order valence-corrected chi connectivity index (χ0v) is 10.4. The zero-order valence-electron chi connectivity index (χ0n) is 9.63. The van der Waals surface area contributed by atoms with Crippen LogP contribution in [0.2, 0.25) is 0 Å². The van der Waals surface area contributed by atoms with Crippen molar-refractivity contribution in [2.45, 2.75) is 46.1 Å². The largest absolute Gasteiger partial charge is 0.369 e. The Kier molecular flexibility index (Phi) is 3.67. The van der Waals surface area contributed by atoms with Crippen LogP contribution in [0, 0.1) is 0 Å². The minimum atomic E-state index is -0.243. The lowest BCUT2D eigenvalue weighted by Crippen LogP contribution is -2.21. The van der Waals surface area contributed by atoms with E-state index in [-0.39, 0.29) is 5.60 Å². The first-order valence-corrected chi connectivity index (χ1v) is 5.89. The summed E-state index contributed by atoms with van der Waals surface area (Å²) >= 11 is 1.75. The number of rotatable bonds is 4. The number of hydrogen-bond acceptors (Lipinski definition) is 3. The molecular weight excluding hydrogens is 194 g/mol. The molecule has 1 aromatic rings. The topological polar surface area (TPSA) is 22.1 Å². The van der Waals surface area contributed by atoms with E-state index in [1.54, 1.807) is 11.3 Å². The molecule has 0 aromatic carbocycles. The van der Waals surface area contributed by atoms with Crippen LogP contribution in [0.1, 0.15) is 50.4 Å². The van der Waals surface area contributed by atoms with Gasteiger partial charge in [-0.15, -0.1) is 11.3 Å². The molecule has 0 amide bonds. The average molecular weight is 213 g/mol. The first kappa shape index (κ1) is 11.7. The van der Waals surface area contributed by atoms with Gasteiger partial charge >= 0.3 is 0 Å². The van der Waals surface area contributed by atoms with Crippen molar-refractivity contribution in [1.82, 2.24) is 4.98 Å². The predicted octanol–water partition coefficient (Wildman–Crippen LogP) is 3.54. The van der Waals surface area contributed by atoms with E-state index in [4.69, 9.17) is 4.74 Å². The van der Waals surface area contributed by atoms with Crippen molar-refractivity contribution in [1.29, 1.82) is 0 Å². The molecule has 2 nitrogen and oxygen atoms in total. The summed E-state index contributed by atoms with van der Waals surface area (Å²) in [6.45, 7) is 11.2. The smallest absolute Gasteiger partial charge is 0.124 e. The minimum absolute atomic E-state index is 0.243. The molecule has 80 valence electrons. The summed E-state index contributed by atoms with van der Waals surface area (Å²) in [6.07, 6.45) is 1.96. The Labute approximate surface area is 90.3 Å². The van der Waals surface area contributed by atoms with E-state index in [9.17, 15) is 0 Å². The zero-order chi connectivity index (χ0) is 10.8. The third-order valence-electron chi connectivity index (χ3n) is 2.11. The van der Waals surface area contributed by atoms with Crippen LogP contribution in [-0.4, -0.2) is 11.6 Å². The summed E-state index contributed by atoms with van der Waals surface area (Å²) in [5.74, 6) is 0.554. The molecule has 14 heavy (non-hydrogen) atoms. The van der Waals surface area contributed by atoms with E-state index in [0.29, 0.717) is 5.92 Å². The van der Waals surface area contributed by atoms with Gasteiger partial charge in [0.2, 0.25) is 0 Å². The molecule has 0 saturated carbocycles. The van der Waals surface area contributed by atoms with E-state index in [0.717, 1.165) is 11.6 Å². The lowest BCUT2D eigenvalue weighted by atomic mass is 10.1. The molecular formula is C11H19NOS. The fourth-order valence-corrected chi connectivity index (χ4v) is 2.23. The molecule has 0 radical (unpaired) electrons. The van der Waals surface area contributed by atoms with Gasteiger partial charge in [0.1, 0.15) is 10.6 Å². The van der Waals surface area contributed by atoms with Crippen LogP contribution in [0.4, 0.5) is 0 Å². The predicted molar refractivity (Wildman–Crippen MR) is 60.9 cm³/mol. The minimum Gasteiger partial charge on any atom is -0.369 e. The van der Waals surface area contributed by atoms with Crippen molar-refractivity contribution in [3.63, 3.8) is 0 Å². The quantitative estimate of drug-likeness (QED) is 0.763. The molecule has 1 heterocycles. The lowest BCUT2D eigenvalue weighted by Gasteiger charge is -2.21. The SMILES string of the molecule is CCOC(C)(C)c1ncc(C(C)C)s1. The Bertz CT molecular complexity index is 291. The molecule has 0 aliphatic rings. The van der Waals surface area contributed by atoms with Gasteiger partial charge in [0.15, 0.2) is 0 Å². The molecule has 0 fully saturated rings. The fraction of sp³-hybridized carbons (Fsp3) is 0.727. The second-order valence-corrected chi connectivity index (χ2v) is 5.23. The van der Waals surface area contributed by atoms with Crippen LogP contribution < -0.4 is 0 Å². The second-order valence-electron chi connectivity index (χ2n) is 4.17. The highest BCUT2D eigenvalue weighted by Crippen LogP contribution is 2.31. The number of aromatic nitrogens is 1. The van der Waals surface area contributed by atoms with E-state index >= 15 is 0 Å². The molecule has 0 spiro atoms. The summed E-state index contributed by atoms with van der Waals surface area (Å²) in [6, 6.07) is 0. The van der Waals surface area contributed by atoms with Gasteiger partial charge in [-0.2, -0.15) is 0 Å². The molecule has 3 heteroatoms. The van der Waals surface area contributed by atoms with Crippen molar-refractivity contribution in [3.05, 3.63) is 16.1 Å². The van der Waals surface area contributed by atoms with Crippen molar-refractivity contribution < 1.29 is 4.74 Å². The van der Waals surface area contributed by atoms with Gasteiger partial charge in [0, 0.05) is 17.7 Å². The maximum absolute atomic E-state index is 5.66. The summed E-state index contributed by atoms with van der Waals surface area (Å²) in [5, 5.41) is 1.07. The van der Waals surface area contributed by atoms with Gasteiger partial charge in [-0.3, -0.25) is 0 Å². The maximum Gasteiger partial charge on any atom is 0.124 e. The van der Waals surface area contributed by atoms with Gasteiger partial charge in [0.25, 0.3) is 0 Å². The Morgan fingerprint density at radius 2 is 2.14 bits per heavy atom. The third-order valence-corrected chi connectivity index (χ3v) is 3.72. The van der Waals surface area contributed by atoms with Crippen LogP contribution in [0.25, 0.3) is 0 Å². The molecule has 0 bridgehead atoms. The van der Waals surface area contributed by atoms with Crippen molar-refractivity contribution in [2.75, 3.05) is 6.61 Å². The molecule has 0 atom stereocenters. The van der Waals surface area contributed by atoms with E-state index in [1.165, 1.54) is 4.88 Å². The number of ether oxygens (including phenoxy) is 1. The third kappa shape index (κ3) is 2.55. The van der Waals surface area contributed by atoms with Gasteiger partial charge in [-0.25, -0.2) is 4.98 Å².